The number of nitrogens with zero attached hydrogens (tertiary/aromatic N) is 2. The van der Waals surface area contributed by atoms with Gasteiger partial charge in [-0.15, -0.1) is 0 Å². The van der Waals surface area contributed by atoms with Gasteiger partial charge in [-0.2, -0.15) is 0 Å². The third-order valence-electron chi connectivity index (χ3n) is 21.3. The number of aromatic nitrogens is 1. The normalized spacial score (nSPS) is 33.8. The largest absolute Gasteiger partial charge is 0.459 e. The van der Waals surface area contributed by atoms with E-state index in [1.165, 1.54) is 13.8 Å². The van der Waals surface area contributed by atoms with Crippen molar-refractivity contribution in [3.05, 3.63) is 70.9 Å². The number of amides is 5. The molecule has 3 aromatic rings. The molecule has 568 valence electrons. The first-order valence-electron chi connectivity index (χ1n) is 36.6. The van der Waals surface area contributed by atoms with Crippen molar-refractivity contribution in [3.63, 3.8) is 0 Å². The Hall–Kier alpha value is -5.72. The maximum atomic E-state index is 14.7. The molecule has 5 amide bonds. The number of esters is 1. The second-order valence-electron chi connectivity index (χ2n) is 30.6. The van der Waals surface area contributed by atoms with Crippen LogP contribution in [0.3, 0.4) is 0 Å². The van der Waals surface area contributed by atoms with Crippen LogP contribution in [0.1, 0.15) is 171 Å². The standard InChI is InChI=1S/C75H120N8O18/c1-17-50-27-23-28-51-52-29-32-96-75(19-3,64(52)81-61(50)51)37-57(84)77-40-59(86)79-54(35-49-25-21-20-22-26-49)69(91)80-53(33-42(4)5)68(90)78-39-58(85)76-30-24-31-83-41-43(6)36-73(13,94)67(101-71-62(87)55(82(15)16)34-44(7)97-71)45(8)63(100-60-38-72(12,93)66(89)48(11)98-60)46(9)70(92)99-56(18-2)74(14,95)65(88)47(83)10/h20-23,25-28,42-48,53-56,60,62-63,65-67,71,81,87-89,93-95H,17-19,24,29-41H2,1-16H3,(H,76,85)(H,77,84)(H,78,90)(H,79,86)(H,80,91). The number of likely N-dealkylation sites (N-methyl/N-ethyl adjacent to an activating group) is 1. The van der Waals surface area contributed by atoms with E-state index >= 15 is 0 Å². The summed E-state index contributed by atoms with van der Waals surface area (Å²) in [5, 5.41) is 86.7. The lowest BCUT2D eigenvalue weighted by molar-refractivity contribution is -0.316. The number of rotatable bonds is 26. The molecule has 3 fully saturated rings. The molecule has 2 aromatic carbocycles. The summed E-state index contributed by atoms with van der Waals surface area (Å²) in [6.45, 7) is 24.5. The number of cyclic esters (lactones) is 1. The van der Waals surface area contributed by atoms with Crippen molar-refractivity contribution in [2.24, 2.45) is 23.7 Å². The first-order valence-corrected chi connectivity index (χ1v) is 36.6. The maximum Gasteiger partial charge on any atom is 0.311 e. The molecule has 1 aromatic heterocycles. The quantitative estimate of drug-likeness (QED) is 0.0400. The molecule has 0 spiro atoms. The number of aliphatic hydroxyl groups is 6. The highest BCUT2D eigenvalue weighted by atomic mass is 16.7. The number of aryl methyl sites for hydroxylation is 1. The number of para-hydroxylation sites is 1. The summed E-state index contributed by atoms with van der Waals surface area (Å²) >= 11 is 0. The number of hydrogen-bond donors (Lipinski definition) is 12. The molecular weight excluding hydrogens is 1300 g/mol. The molecule has 0 saturated carbocycles. The Morgan fingerprint density at radius 1 is 0.792 bits per heavy atom. The van der Waals surface area contributed by atoms with Crippen molar-refractivity contribution in [1.29, 1.82) is 0 Å². The van der Waals surface area contributed by atoms with Gasteiger partial charge in [0, 0.05) is 61.4 Å². The Labute approximate surface area is 596 Å². The van der Waals surface area contributed by atoms with Crippen LogP contribution in [-0.4, -0.2) is 237 Å². The van der Waals surface area contributed by atoms with E-state index in [-0.39, 0.29) is 76.2 Å². The number of fused-ring (bicyclic) bond motifs is 3. The lowest BCUT2D eigenvalue weighted by Crippen LogP contribution is -2.60. The van der Waals surface area contributed by atoms with Crippen molar-refractivity contribution in [2.45, 2.75) is 276 Å². The van der Waals surface area contributed by atoms with Crippen LogP contribution < -0.4 is 26.6 Å². The fourth-order valence-corrected chi connectivity index (χ4v) is 15.6. The number of aromatic amines is 1. The molecule has 26 heteroatoms. The van der Waals surface area contributed by atoms with Crippen molar-refractivity contribution in [3.8, 4) is 0 Å². The van der Waals surface area contributed by atoms with E-state index in [0.717, 1.165) is 39.7 Å². The molecule has 0 bridgehead atoms. The topological polar surface area (TPSA) is 362 Å². The number of H-pyrrole nitrogens is 1. The van der Waals surface area contributed by atoms with E-state index < -0.39 is 162 Å². The predicted octanol–water partition coefficient (Wildman–Crippen LogP) is 3.93. The van der Waals surface area contributed by atoms with E-state index in [0.29, 0.717) is 32.3 Å². The minimum Gasteiger partial charge on any atom is -0.459 e. The summed E-state index contributed by atoms with van der Waals surface area (Å²) in [6, 6.07) is 11.8. The molecule has 12 N–H and O–H groups in total. The van der Waals surface area contributed by atoms with Gasteiger partial charge in [0.1, 0.15) is 47.7 Å². The Morgan fingerprint density at radius 2 is 1.49 bits per heavy atom. The van der Waals surface area contributed by atoms with Crippen LogP contribution in [0, 0.1) is 23.7 Å². The van der Waals surface area contributed by atoms with Crippen LogP contribution in [0.5, 0.6) is 0 Å². The van der Waals surface area contributed by atoms with Crippen molar-refractivity contribution in [1.82, 2.24) is 41.4 Å². The summed E-state index contributed by atoms with van der Waals surface area (Å²) in [5.74, 6) is -6.28. The maximum absolute atomic E-state index is 14.7. The SMILES string of the molecule is CCc1cccc2c3c([nH]c12)C(CC)(CC(=O)NCC(=O)NC(Cc1ccccc1)C(=O)NC(CC(C)C)C(=O)NCC(=O)NCCCN1CC(C)CC(C)(O)C(OC2OC(C)CC(N(C)C)C2O)C(C)C(OC2CC(C)(O)C(O)C(C)O2)C(C)C(=O)OC(CC)C(C)(O)C(O)C1C)OCC3. The van der Waals surface area contributed by atoms with Crippen LogP contribution in [-0.2, 0) is 82.1 Å². The molecule has 3 saturated heterocycles. The van der Waals surface area contributed by atoms with E-state index in [9.17, 15) is 59.4 Å². The molecule has 4 aliphatic heterocycles. The van der Waals surface area contributed by atoms with E-state index in [2.05, 4.69) is 50.6 Å². The Morgan fingerprint density at radius 3 is 2.13 bits per heavy atom. The molecule has 0 aliphatic carbocycles. The summed E-state index contributed by atoms with van der Waals surface area (Å²) < 4.78 is 38.5. The number of carbonyl (C=O) groups is 6. The van der Waals surface area contributed by atoms with Gasteiger partial charge in [0.25, 0.3) is 0 Å². The molecule has 4 aliphatic rings. The summed E-state index contributed by atoms with van der Waals surface area (Å²) in [7, 11) is 3.68. The van der Waals surface area contributed by atoms with Crippen molar-refractivity contribution < 1.29 is 87.8 Å². The number of benzene rings is 2. The predicted molar refractivity (Wildman–Crippen MR) is 379 cm³/mol. The van der Waals surface area contributed by atoms with E-state index in [1.54, 1.807) is 53.7 Å². The first-order chi connectivity index (χ1) is 47.5. The highest BCUT2D eigenvalue weighted by Crippen LogP contribution is 2.44. The average molecular weight is 1420 g/mol. The monoisotopic (exact) mass is 1420 g/mol. The summed E-state index contributed by atoms with van der Waals surface area (Å²) in [5.41, 5.74) is -1.51. The molecule has 5 heterocycles. The number of carbonyl (C=O) groups excluding carboxylic acids is 6. The fourth-order valence-electron chi connectivity index (χ4n) is 15.6. The molecule has 21 atom stereocenters. The van der Waals surface area contributed by atoms with Gasteiger partial charge < -0.3 is 95.5 Å². The van der Waals surface area contributed by atoms with Gasteiger partial charge in [-0.05, 0) is 142 Å². The zero-order valence-electron chi connectivity index (χ0n) is 62.5. The Kier molecular flexibility index (Phi) is 29.3. The number of ether oxygens (including phenoxy) is 6. The molecule has 7 rings (SSSR count). The van der Waals surface area contributed by atoms with Crippen LogP contribution >= 0.6 is 0 Å². The highest BCUT2D eigenvalue weighted by Gasteiger charge is 2.53. The van der Waals surface area contributed by atoms with E-state index in [1.807, 2.05) is 82.8 Å². The van der Waals surface area contributed by atoms with Gasteiger partial charge in [0.15, 0.2) is 12.6 Å². The van der Waals surface area contributed by atoms with Crippen molar-refractivity contribution in [2.75, 3.05) is 53.4 Å². The Bertz CT molecular complexity index is 3220. The molecule has 0 radical (unpaired) electrons. The van der Waals surface area contributed by atoms with Gasteiger partial charge in [0.05, 0.1) is 73.3 Å². The number of aliphatic hydroxyl groups excluding tert-OH is 3. The van der Waals surface area contributed by atoms with Gasteiger partial charge in [-0.3, -0.25) is 33.7 Å². The van der Waals surface area contributed by atoms with Crippen LogP contribution in [0.2, 0.25) is 0 Å². The zero-order valence-corrected chi connectivity index (χ0v) is 62.5. The van der Waals surface area contributed by atoms with Gasteiger partial charge in [-0.1, -0.05) is 97.0 Å². The average Bonchev–Trinajstić information content (AvgIpc) is 1.63. The van der Waals surface area contributed by atoms with Crippen LogP contribution in [0.15, 0.2) is 48.5 Å². The molecule has 21 unspecified atom stereocenters. The fraction of sp³-hybridized carbons (Fsp3) is 0.733. The lowest BCUT2D eigenvalue weighted by atomic mass is 9.77. The summed E-state index contributed by atoms with van der Waals surface area (Å²) in [6.07, 6.45) is -8.43. The number of hydrogen-bond acceptors (Lipinski definition) is 20. The molecule has 26 nitrogen and oxygen atoms in total. The van der Waals surface area contributed by atoms with E-state index in [4.69, 9.17) is 28.4 Å². The highest BCUT2D eigenvalue weighted by molar-refractivity contribution is 5.94. The van der Waals surface area contributed by atoms with Crippen LogP contribution in [0.4, 0.5) is 0 Å². The zero-order chi connectivity index (χ0) is 74.6. The minimum absolute atomic E-state index is 0.0372. The second kappa shape index (κ2) is 35.8. The summed E-state index contributed by atoms with van der Waals surface area (Å²) in [4.78, 5) is 91.6. The van der Waals surface area contributed by atoms with Crippen molar-refractivity contribution >= 4 is 46.4 Å². The minimum atomic E-state index is -2.04. The molecular formula is C75H120N8O18. The second-order valence-corrected chi connectivity index (χ2v) is 30.6. The lowest BCUT2D eigenvalue weighted by Gasteiger charge is -2.48. The Balaban J connectivity index is 1.02. The van der Waals surface area contributed by atoms with Gasteiger partial charge in [-0.25, -0.2) is 0 Å². The van der Waals surface area contributed by atoms with Gasteiger partial charge in [0.2, 0.25) is 29.5 Å². The third kappa shape index (κ3) is 20.8. The van der Waals surface area contributed by atoms with Gasteiger partial charge >= 0.3 is 5.97 Å². The molecule has 101 heavy (non-hydrogen) atoms. The van der Waals surface area contributed by atoms with Crippen LogP contribution in [0.25, 0.3) is 10.9 Å². The smallest absolute Gasteiger partial charge is 0.311 e. The number of nitrogens with one attached hydrogen (secondary N) is 6. The first kappa shape index (κ1) is 82.6. The third-order valence-corrected chi connectivity index (χ3v) is 21.3.